The van der Waals surface area contributed by atoms with Crippen molar-refractivity contribution in [3.05, 3.63) is 107 Å². The first-order chi connectivity index (χ1) is 19.6. The normalized spacial score (nSPS) is 15.9. The second-order valence-electron chi connectivity index (χ2n) is 10.4. The van der Waals surface area contributed by atoms with Gasteiger partial charge in [-0.15, -0.1) is 0 Å². The molecule has 0 aliphatic carbocycles. The van der Waals surface area contributed by atoms with Crippen LogP contribution in [0.1, 0.15) is 76.5 Å². The van der Waals surface area contributed by atoms with Gasteiger partial charge in [-0.05, 0) is 124 Å². The number of rotatable bonds is 10. The molecule has 1 heterocycles. The summed E-state index contributed by atoms with van der Waals surface area (Å²) in [6, 6.07) is 10.6. The topological polar surface area (TPSA) is 73.7 Å². The average molecular weight is 556 g/mol. The third kappa shape index (κ3) is 8.73. The van der Waals surface area contributed by atoms with Gasteiger partial charge < -0.3 is 15.7 Å². The van der Waals surface area contributed by atoms with Crippen LogP contribution in [-0.2, 0) is 4.79 Å². The molecule has 0 aromatic heterocycles. The molecule has 2 aromatic carbocycles. The minimum atomic E-state index is -0.212. The lowest BCUT2D eigenvalue weighted by atomic mass is 9.90. The zero-order valence-corrected chi connectivity index (χ0v) is 24.9. The Morgan fingerprint density at radius 3 is 2.49 bits per heavy atom. The fourth-order valence-electron chi connectivity index (χ4n) is 4.81. The number of Topliss-reactive ketones (excluding diaryl/α,β-unsaturated/α-hetero) is 1. The molecule has 2 aromatic rings. The molecule has 0 unspecified atom stereocenters. The van der Waals surface area contributed by atoms with Crippen LogP contribution in [0.2, 0.25) is 0 Å². The molecule has 41 heavy (non-hydrogen) atoms. The number of amidine groups is 1. The lowest BCUT2D eigenvalue weighted by Crippen LogP contribution is -2.27. The van der Waals surface area contributed by atoms with E-state index < -0.39 is 0 Å². The van der Waals surface area contributed by atoms with Crippen LogP contribution in [0.3, 0.4) is 0 Å². The Balaban J connectivity index is 1.86. The Hall–Kier alpha value is -4.03. The second-order valence-corrected chi connectivity index (χ2v) is 10.4. The zero-order valence-electron chi connectivity index (χ0n) is 24.9. The number of aromatic hydroxyl groups is 1. The van der Waals surface area contributed by atoms with Crippen molar-refractivity contribution in [2.45, 2.75) is 59.8 Å². The Morgan fingerprint density at radius 1 is 1.17 bits per heavy atom. The Labute approximate surface area is 244 Å². The lowest BCUT2D eigenvalue weighted by molar-refractivity contribution is -0.111. The summed E-state index contributed by atoms with van der Waals surface area (Å²) in [4.78, 5) is 17.2. The van der Waals surface area contributed by atoms with Crippen LogP contribution < -0.4 is 10.6 Å². The van der Waals surface area contributed by atoms with Crippen LogP contribution in [0.15, 0.2) is 89.6 Å². The first kappa shape index (κ1) is 31.5. The highest BCUT2D eigenvalue weighted by molar-refractivity contribution is 6.21. The van der Waals surface area contributed by atoms with Crippen molar-refractivity contribution >= 4 is 28.5 Å². The number of ketones is 1. The molecule has 0 radical (unpaired) electrons. The van der Waals surface area contributed by atoms with E-state index in [1.807, 2.05) is 44.2 Å². The quantitative estimate of drug-likeness (QED) is 0.119. The van der Waals surface area contributed by atoms with Gasteiger partial charge in [-0.1, -0.05) is 43.9 Å². The van der Waals surface area contributed by atoms with E-state index in [0.29, 0.717) is 33.8 Å². The van der Waals surface area contributed by atoms with Crippen molar-refractivity contribution < 1.29 is 14.3 Å². The number of nitrogens with one attached hydrogen (secondary N) is 2. The van der Waals surface area contributed by atoms with Gasteiger partial charge in [0.2, 0.25) is 0 Å². The summed E-state index contributed by atoms with van der Waals surface area (Å²) in [5.41, 5.74) is 5.35. The van der Waals surface area contributed by atoms with Crippen LogP contribution in [-0.4, -0.2) is 29.8 Å². The number of benzene rings is 2. The molecule has 1 aliphatic rings. The summed E-state index contributed by atoms with van der Waals surface area (Å²) in [7, 11) is 0. The molecule has 0 spiro atoms. The fraction of sp³-hybridized carbons (Fsp3) is 0.314. The number of phenolic OH excluding ortho intramolecular Hbond substituents is 1. The number of piperidine rings is 1. The standard InChI is InChI=1S/C35H42FN3O2/c1-7-9-10-26(8-2)28-11-13-32(35(41)20-28)33(24(5)40)19-29(23(3)4)22-38-25(6)39-30-12-14-31(34(36)21-30)27-15-17-37-18-16-27/h8-14,19-22,27,37,41H,3,7,15-18H2,1-2,4-6H3,(H,38,39)/b10-9-,26-8+,29-22-,33-19+. The fourth-order valence-corrected chi connectivity index (χ4v) is 4.81. The molecule has 5 nitrogen and oxygen atoms in total. The highest BCUT2D eigenvalue weighted by atomic mass is 19.1. The van der Waals surface area contributed by atoms with E-state index in [9.17, 15) is 14.3 Å². The van der Waals surface area contributed by atoms with Crippen molar-refractivity contribution in [2.75, 3.05) is 18.4 Å². The summed E-state index contributed by atoms with van der Waals surface area (Å²) in [5.74, 6) is 0.408. The van der Waals surface area contributed by atoms with E-state index in [1.54, 1.807) is 31.3 Å². The predicted molar refractivity (Wildman–Crippen MR) is 171 cm³/mol. The smallest absolute Gasteiger partial charge is 0.160 e. The number of hydrogen-bond acceptors (Lipinski definition) is 4. The van der Waals surface area contributed by atoms with Crippen molar-refractivity contribution in [3.63, 3.8) is 0 Å². The molecule has 0 amide bonds. The highest BCUT2D eigenvalue weighted by Crippen LogP contribution is 2.32. The summed E-state index contributed by atoms with van der Waals surface area (Å²) in [6.07, 6.45) is 12.1. The number of anilines is 1. The molecule has 0 saturated carbocycles. The molecule has 1 fully saturated rings. The van der Waals surface area contributed by atoms with Gasteiger partial charge in [0, 0.05) is 23.0 Å². The Bertz CT molecular complexity index is 1420. The van der Waals surface area contributed by atoms with Crippen LogP contribution in [0, 0.1) is 5.82 Å². The maximum absolute atomic E-state index is 14.9. The van der Waals surface area contributed by atoms with E-state index in [0.717, 1.165) is 49.1 Å². The summed E-state index contributed by atoms with van der Waals surface area (Å²) in [6.45, 7) is 15.0. The van der Waals surface area contributed by atoms with Crippen LogP contribution in [0.4, 0.5) is 10.1 Å². The first-order valence-electron chi connectivity index (χ1n) is 14.2. The second kappa shape index (κ2) is 15.1. The van der Waals surface area contributed by atoms with Gasteiger partial charge in [-0.2, -0.15) is 0 Å². The maximum atomic E-state index is 14.9. The van der Waals surface area contributed by atoms with Crippen LogP contribution in [0.25, 0.3) is 11.1 Å². The summed E-state index contributed by atoms with van der Waals surface area (Å²) in [5, 5.41) is 17.3. The zero-order chi connectivity index (χ0) is 29.9. The van der Waals surface area contributed by atoms with E-state index in [4.69, 9.17) is 0 Å². The molecule has 1 aliphatic heterocycles. The summed E-state index contributed by atoms with van der Waals surface area (Å²) < 4.78 is 14.9. The molecule has 1 saturated heterocycles. The number of carbonyl (C=O) groups is 1. The molecule has 6 heteroatoms. The van der Waals surface area contributed by atoms with Crippen LogP contribution in [0.5, 0.6) is 5.75 Å². The minimum Gasteiger partial charge on any atom is -0.507 e. The third-order valence-electron chi connectivity index (χ3n) is 7.14. The van der Waals surface area contributed by atoms with Gasteiger partial charge in [-0.3, -0.25) is 4.79 Å². The molecule has 216 valence electrons. The van der Waals surface area contributed by atoms with Gasteiger partial charge in [0.05, 0.1) is 0 Å². The summed E-state index contributed by atoms with van der Waals surface area (Å²) >= 11 is 0. The van der Waals surface area contributed by atoms with Crippen molar-refractivity contribution in [1.82, 2.24) is 5.32 Å². The molecule has 3 rings (SSSR count). The molecular formula is C35H42FN3O2. The van der Waals surface area contributed by atoms with Crippen molar-refractivity contribution in [2.24, 2.45) is 4.99 Å². The van der Waals surface area contributed by atoms with Gasteiger partial charge in [0.1, 0.15) is 17.4 Å². The highest BCUT2D eigenvalue weighted by Gasteiger charge is 2.19. The first-order valence-corrected chi connectivity index (χ1v) is 14.2. The average Bonchev–Trinajstić information content (AvgIpc) is 2.94. The third-order valence-corrected chi connectivity index (χ3v) is 7.14. The van der Waals surface area contributed by atoms with Gasteiger partial charge in [0.25, 0.3) is 0 Å². The molecule has 3 N–H and O–H groups in total. The maximum Gasteiger partial charge on any atom is 0.160 e. The number of nitrogens with zero attached hydrogens (tertiary/aromatic N) is 1. The van der Waals surface area contributed by atoms with Gasteiger partial charge in [0.15, 0.2) is 5.78 Å². The monoisotopic (exact) mass is 555 g/mol. The minimum absolute atomic E-state index is 0.0191. The molecule has 0 bridgehead atoms. The number of aliphatic imine (C=N–C) groups is 1. The molecular weight excluding hydrogens is 513 g/mol. The SMILES string of the molecule is C=C(C)C(=C\N=C(C)Nc1ccc(C2CCNCC2)c(F)c1)/C=C(\C(C)=O)c1ccc(C(/C=C\CC)=C/C)cc1O. The number of phenols is 1. The number of hydrogen-bond donors (Lipinski definition) is 3. The van der Waals surface area contributed by atoms with E-state index in [2.05, 4.69) is 35.2 Å². The Kier molecular flexibility index (Phi) is 11.6. The van der Waals surface area contributed by atoms with E-state index >= 15 is 0 Å². The van der Waals surface area contributed by atoms with Crippen LogP contribution >= 0.6 is 0 Å². The largest absolute Gasteiger partial charge is 0.507 e. The lowest BCUT2D eigenvalue weighted by Gasteiger charge is -2.23. The molecule has 0 atom stereocenters. The number of carbonyl (C=O) groups excluding carboxylic acids is 1. The van der Waals surface area contributed by atoms with Gasteiger partial charge >= 0.3 is 0 Å². The predicted octanol–water partition coefficient (Wildman–Crippen LogP) is 8.33. The number of allylic oxidation sites excluding steroid dienone is 8. The van der Waals surface area contributed by atoms with E-state index in [-0.39, 0.29) is 23.3 Å². The van der Waals surface area contributed by atoms with Crippen molar-refractivity contribution in [1.29, 1.82) is 0 Å². The number of halogens is 1. The Morgan fingerprint density at radius 2 is 1.90 bits per heavy atom. The van der Waals surface area contributed by atoms with Crippen molar-refractivity contribution in [3.8, 4) is 5.75 Å². The van der Waals surface area contributed by atoms with Gasteiger partial charge in [-0.25, -0.2) is 9.38 Å². The van der Waals surface area contributed by atoms with E-state index in [1.165, 1.54) is 13.0 Å².